The van der Waals surface area contributed by atoms with Crippen LogP contribution in [0.1, 0.15) is 31.7 Å². The fraction of sp³-hybridized carbons (Fsp3) is 0.667. The monoisotopic (exact) mass is 255 g/mol. The zero-order chi connectivity index (χ0) is 12.1. The highest BCUT2D eigenvalue weighted by molar-refractivity contribution is 6.30. The van der Waals surface area contributed by atoms with Gasteiger partial charge in [-0.05, 0) is 25.7 Å². The van der Waals surface area contributed by atoms with Crippen molar-refractivity contribution in [3.63, 3.8) is 0 Å². The van der Waals surface area contributed by atoms with Crippen LogP contribution in [0, 0.1) is 0 Å². The minimum Gasteiger partial charge on any atom is -0.376 e. The Labute approximate surface area is 107 Å². The van der Waals surface area contributed by atoms with Gasteiger partial charge in [-0.1, -0.05) is 18.5 Å². The van der Waals surface area contributed by atoms with Crippen LogP contribution in [0.3, 0.4) is 0 Å². The number of nitrogens with one attached hydrogen (secondary N) is 1. The Morgan fingerprint density at radius 2 is 2.35 bits per heavy atom. The third-order valence-electron chi connectivity index (χ3n) is 3.02. The first kappa shape index (κ1) is 12.6. The highest BCUT2D eigenvalue weighted by Crippen LogP contribution is 2.21. The van der Waals surface area contributed by atoms with E-state index in [1.54, 1.807) is 0 Å². The Morgan fingerprint density at radius 1 is 1.47 bits per heavy atom. The maximum Gasteiger partial charge on any atom is 0.137 e. The van der Waals surface area contributed by atoms with Crippen LogP contribution in [0.25, 0.3) is 0 Å². The smallest absolute Gasteiger partial charge is 0.137 e. The Kier molecular flexibility index (Phi) is 4.57. The highest BCUT2D eigenvalue weighted by Gasteiger charge is 2.15. The summed E-state index contributed by atoms with van der Waals surface area (Å²) >= 11 is 6.03. The van der Waals surface area contributed by atoms with Crippen LogP contribution >= 0.6 is 11.6 Å². The lowest BCUT2D eigenvalue weighted by atomic mass is 10.1. The molecule has 1 aliphatic heterocycles. The Morgan fingerprint density at radius 3 is 3.06 bits per heavy atom. The second-order valence-corrected chi connectivity index (χ2v) is 4.57. The summed E-state index contributed by atoms with van der Waals surface area (Å²) in [5.74, 6) is 0.835. The molecule has 1 atom stereocenters. The van der Waals surface area contributed by atoms with Gasteiger partial charge in [0.2, 0.25) is 0 Å². The average molecular weight is 256 g/mol. The first-order valence-electron chi connectivity index (χ1n) is 6.16. The molecular weight excluding hydrogens is 238 g/mol. The van der Waals surface area contributed by atoms with Gasteiger partial charge in [0.25, 0.3) is 0 Å². The molecule has 5 heteroatoms. The largest absolute Gasteiger partial charge is 0.376 e. The molecule has 2 rings (SSSR count). The SMILES string of the molecule is CCc1c(Cl)ncnc1NCC1CCCCO1. The lowest BCUT2D eigenvalue weighted by Crippen LogP contribution is -2.27. The molecule has 4 nitrogen and oxygen atoms in total. The van der Waals surface area contributed by atoms with Crippen molar-refractivity contribution >= 4 is 17.4 Å². The molecule has 0 spiro atoms. The van der Waals surface area contributed by atoms with Crippen LogP contribution in [0.2, 0.25) is 5.15 Å². The molecule has 1 aliphatic rings. The van der Waals surface area contributed by atoms with E-state index in [-0.39, 0.29) is 0 Å². The van der Waals surface area contributed by atoms with Crippen LogP contribution in [-0.4, -0.2) is 29.2 Å². The number of halogens is 1. The Hall–Kier alpha value is -0.870. The van der Waals surface area contributed by atoms with Crippen LogP contribution in [0.4, 0.5) is 5.82 Å². The van der Waals surface area contributed by atoms with Gasteiger partial charge in [0.05, 0.1) is 6.10 Å². The van der Waals surface area contributed by atoms with Gasteiger partial charge in [-0.3, -0.25) is 0 Å². The molecular formula is C12H18ClN3O. The molecule has 1 unspecified atom stereocenters. The van der Waals surface area contributed by atoms with Gasteiger partial charge in [0.15, 0.2) is 0 Å². The summed E-state index contributed by atoms with van der Waals surface area (Å²) in [6, 6.07) is 0. The van der Waals surface area contributed by atoms with Gasteiger partial charge in [0.1, 0.15) is 17.3 Å². The molecule has 2 heterocycles. The van der Waals surface area contributed by atoms with Gasteiger partial charge < -0.3 is 10.1 Å². The number of aromatic nitrogens is 2. The molecule has 1 aromatic heterocycles. The minimum atomic E-state index is 0.294. The first-order valence-corrected chi connectivity index (χ1v) is 6.54. The molecule has 0 amide bonds. The fourth-order valence-electron chi connectivity index (χ4n) is 2.04. The predicted octanol–water partition coefficient (Wildman–Crippen LogP) is 2.67. The van der Waals surface area contributed by atoms with Crippen molar-refractivity contribution in [2.75, 3.05) is 18.5 Å². The second-order valence-electron chi connectivity index (χ2n) is 4.21. The number of ether oxygens (including phenoxy) is 1. The number of hydrogen-bond donors (Lipinski definition) is 1. The molecule has 1 aromatic rings. The van der Waals surface area contributed by atoms with Crippen molar-refractivity contribution in [1.29, 1.82) is 0 Å². The third kappa shape index (κ3) is 3.30. The van der Waals surface area contributed by atoms with Crippen LogP contribution in [0.5, 0.6) is 0 Å². The zero-order valence-electron chi connectivity index (χ0n) is 10.1. The predicted molar refractivity (Wildman–Crippen MR) is 68.5 cm³/mol. The quantitative estimate of drug-likeness (QED) is 0.841. The van der Waals surface area contributed by atoms with Gasteiger partial charge in [-0.15, -0.1) is 0 Å². The summed E-state index contributed by atoms with van der Waals surface area (Å²) in [5.41, 5.74) is 0.977. The average Bonchev–Trinajstić information content (AvgIpc) is 2.37. The number of nitrogens with zero attached hydrogens (tertiary/aromatic N) is 2. The van der Waals surface area contributed by atoms with E-state index < -0.39 is 0 Å². The lowest BCUT2D eigenvalue weighted by Gasteiger charge is -2.23. The summed E-state index contributed by atoms with van der Waals surface area (Å²) < 4.78 is 5.66. The molecule has 17 heavy (non-hydrogen) atoms. The number of rotatable bonds is 4. The van der Waals surface area contributed by atoms with E-state index in [2.05, 4.69) is 15.3 Å². The summed E-state index contributed by atoms with van der Waals surface area (Å²) in [6.45, 7) is 3.71. The Balaban J connectivity index is 1.95. The number of anilines is 1. The van der Waals surface area contributed by atoms with Crippen molar-refractivity contribution in [2.24, 2.45) is 0 Å². The number of hydrogen-bond acceptors (Lipinski definition) is 4. The summed E-state index contributed by atoms with van der Waals surface area (Å²) in [4.78, 5) is 8.22. The van der Waals surface area contributed by atoms with Gasteiger partial charge in [-0.25, -0.2) is 9.97 Å². The molecule has 1 N–H and O–H groups in total. The van der Waals surface area contributed by atoms with Crippen molar-refractivity contribution in [1.82, 2.24) is 9.97 Å². The lowest BCUT2D eigenvalue weighted by molar-refractivity contribution is 0.0247. The minimum absolute atomic E-state index is 0.294. The van der Waals surface area contributed by atoms with Crippen LogP contribution in [-0.2, 0) is 11.2 Å². The maximum atomic E-state index is 6.03. The van der Waals surface area contributed by atoms with Gasteiger partial charge in [-0.2, -0.15) is 0 Å². The molecule has 1 fully saturated rings. The van der Waals surface area contributed by atoms with E-state index in [1.807, 2.05) is 6.92 Å². The van der Waals surface area contributed by atoms with Crippen molar-refractivity contribution in [3.05, 3.63) is 17.0 Å². The summed E-state index contributed by atoms with van der Waals surface area (Å²) in [6.07, 6.45) is 6.15. The summed E-state index contributed by atoms with van der Waals surface area (Å²) in [7, 11) is 0. The normalized spacial score (nSPS) is 20.2. The molecule has 94 valence electrons. The van der Waals surface area contributed by atoms with Gasteiger partial charge >= 0.3 is 0 Å². The van der Waals surface area contributed by atoms with Crippen LogP contribution in [0.15, 0.2) is 6.33 Å². The van der Waals surface area contributed by atoms with E-state index in [0.29, 0.717) is 11.3 Å². The molecule has 0 aliphatic carbocycles. The molecule has 0 saturated carbocycles. The van der Waals surface area contributed by atoms with Crippen molar-refractivity contribution in [3.8, 4) is 0 Å². The third-order valence-corrected chi connectivity index (χ3v) is 3.34. The summed E-state index contributed by atoms with van der Waals surface area (Å²) in [5, 5.41) is 3.85. The van der Waals surface area contributed by atoms with Crippen molar-refractivity contribution < 1.29 is 4.74 Å². The van der Waals surface area contributed by atoms with E-state index in [4.69, 9.17) is 16.3 Å². The standard InChI is InChI=1S/C12H18ClN3O/c1-2-10-11(13)15-8-16-12(10)14-7-9-5-3-4-6-17-9/h8-9H,2-7H2,1H3,(H,14,15,16). The Bertz CT molecular complexity index is 367. The maximum absolute atomic E-state index is 6.03. The van der Waals surface area contributed by atoms with E-state index in [1.165, 1.54) is 19.2 Å². The van der Waals surface area contributed by atoms with E-state index >= 15 is 0 Å². The molecule has 0 bridgehead atoms. The van der Waals surface area contributed by atoms with E-state index in [9.17, 15) is 0 Å². The van der Waals surface area contributed by atoms with Crippen molar-refractivity contribution in [2.45, 2.75) is 38.7 Å². The highest BCUT2D eigenvalue weighted by atomic mass is 35.5. The second kappa shape index (κ2) is 6.17. The zero-order valence-corrected chi connectivity index (χ0v) is 10.8. The van der Waals surface area contributed by atoms with Crippen LogP contribution < -0.4 is 5.32 Å². The van der Waals surface area contributed by atoms with E-state index in [0.717, 1.165) is 37.4 Å². The topological polar surface area (TPSA) is 47.0 Å². The molecule has 1 saturated heterocycles. The van der Waals surface area contributed by atoms with Gasteiger partial charge in [0, 0.05) is 18.7 Å². The molecule has 0 aromatic carbocycles. The first-order chi connectivity index (χ1) is 8.31. The fourth-order valence-corrected chi connectivity index (χ4v) is 2.30. The molecule has 0 radical (unpaired) electrons.